The molecular formula is H2GeO6PbSi. The molecular weight excluding hydrogens is 404 g/mol. The Balaban J connectivity index is -0.0000000720. The first-order chi connectivity index (χ1) is 3.46. The number of hydrogen-bond donors (Lipinski definition) is 2. The molecule has 0 aliphatic heterocycles. The molecule has 0 aliphatic carbocycles. The Bertz CT molecular complexity index is 71.1. The summed E-state index contributed by atoms with van der Waals surface area (Å²) in [4.78, 5) is 14.3. The molecule has 9 heavy (non-hydrogen) atoms. The second kappa shape index (κ2) is 11.3. The van der Waals surface area contributed by atoms with Gasteiger partial charge in [0.15, 0.2) is 0 Å². The average Bonchev–Trinajstić information content (AvgIpc) is 1.25. The predicted molar refractivity (Wildman–Crippen MR) is 23.1 cm³/mol. The van der Waals surface area contributed by atoms with Crippen LogP contribution in [0.3, 0.4) is 0 Å². The van der Waals surface area contributed by atoms with Gasteiger partial charge < -0.3 is 9.59 Å². The van der Waals surface area contributed by atoms with Crippen LogP contribution in [-0.4, -0.2) is 61.0 Å². The van der Waals surface area contributed by atoms with Crippen molar-refractivity contribution in [2.45, 2.75) is 0 Å². The Kier molecular flexibility index (Phi) is 20.4. The fourth-order valence-corrected chi connectivity index (χ4v) is 0. The molecule has 0 atom stereocenters. The van der Waals surface area contributed by atoms with Crippen LogP contribution in [0.1, 0.15) is 0 Å². The zero-order chi connectivity index (χ0) is 7.15. The van der Waals surface area contributed by atoms with Crippen LogP contribution in [0.5, 0.6) is 0 Å². The van der Waals surface area contributed by atoms with E-state index < -0.39 is 24.1 Å². The molecule has 0 aromatic carbocycles. The largest absolute Gasteiger partial charge is 2.00 e. The Hall–Kier alpha value is 0.482. The van der Waals surface area contributed by atoms with Crippen molar-refractivity contribution < 1.29 is 26.1 Å². The van der Waals surface area contributed by atoms with Crippen LogP contribution in [-0.2, 0) is 8.24 Å². The van der Waals surface area contributed by atoms with Crippen molar-refractivity contribution in [2.24, 2.45) is 0 Å². The maximum atomic E-state index is 8.74. The van der Waals surface area contributed by atoms with Gasteiger partial charge in [0.2, 0.25) is 0 Å². The van der Waals surface area contributed by atoms with Gasteiger partial charge in [0.05, 0.1) is 0 Å². The summed E-state index contributed by atoms with van der Waals surface area (Å²) < 4.78 is 34.5. The topological polar surface area (TPSA) is 121 Å². The van der Waals surface area contributed by atoms with E-state index in [0.29, 0.717) is 0 Å². The smallest absolute Gasteiger partial charge is 2.00 e. The Morgan fingerprint density at radius 1 is 1.33 bits per heavy atom. The molecule has 50 valence electrons. The van der Waals surface area contributed by atoms with Crippen LogP contribution in [0, 0.1) is 0 Å². The molecule has 0 aromatic heterocycles. The van der Waals surface area contributed by atoms with E-state index in [4.69, 9.17) is 26.1 Å². The average molecular weight is 406 g/mol. The van der Waals surface area contributed by atoms with E-state index in [9.17, 15) is 0 Å². The first kappa shape index (κ1) is 16.2. The van der Waals surface area contributed by atoms with Crippen LogP contribution < -0.4 is 8.27 Å². The zero-order valence-corrected chi connectivity index (χ0v) is 11.0. The monoisotopic (exact) mass is 408 g/mol. The molecule has 0 heterocycles. The third kappa shape index (κ3) is 1540. The van der Waals surface area contributed by atoms with Crippen LogP contribution in [0.25, 0.3) is 0 Å². The van der Waals surface area contributed by atoms with Gasteiger partial charge in [0.25, 0.3) is 0 Å². The minimum absolute atomic E-state index is 0. The van der Waals surface area contributed by atoms with Gasteiger partial charge >= 0.3 is 63.5 Å². The molecule has 6 nitrogen and oxygen atoms in total. The van der Waals surface area contributed by atoms with Crippen LogP contribution in [0.4, 0.5) is 0 Å². The maximum Gasteiger partial charge on any atom is 2.00 e. The molecule has 0 fully saturated rings. The summed E-state index contributed by atoms with van der Waals surface area (Å²) in [5.74, 6) is 0. The SMILES string of the molecule is O=[Si](O)O.[O]=[Ge]([O-])[O-].[Pb+2]. The van der Waals surface area contributed by atoms with Gasteiger partial charge in [-0.2, -0.15) is 0 Å². The molecule has 0 spiro atoms. The summed E-state index contributed by atoms with van der Waals surface area (Å²) >= 11 is -4.08. The first-order valence-electron chi connectivity index (χ1n) is 1.26. The molecule has 0 bridgehead atoms. The van der Waals surface area contributed by atoms with Crippen molar-refractivity contribution in [3.05, 3.63) is 0 Å². The second-order valence-corrected chi connectivity index (χ2v) is 2.15. The van der Waals surface area contributed by atoms with E-state index >= 15 is 0 Å². The summed E-state index contributed by atoms with van der Waals surface area (Å²) in [7, 11) is -3.13. The normalized spacial score (nSPS) is 5.33. The van der Waals surface area contributed by atoms with E-state index in [-0.39, 0.29) is 27.3 Å². The van der Waals surface area contributed by atoms with Gasteiger partial charge in [-0.1, -0.05) is 0 Å². The number of rotatable bonds is 0. The van der Waals surface area contributed by atoms with Crippen LogP contribution in [0.15, 0.2) is 0 Å². The standard InChI is InChI=1S/GeO3.H2O3Si.Pb/c2-1(3)4;1-4(2)3;/h;1-2H;/q-2;;+2. The quantitative estimate of drug-likeness (QED) is 0.390. The van der Waals surface area contributed by atoms with Crippen LogP contribution in [0.2, 0.25) is 0 Å². The minimum atomic E-state index is -4.08. The van der Waals surface area contributed by atoms with Gasteiger partial charge in [0.1, 0.15) is 0 Å². The third-order valence-electron chi connectivity index (χ3n) is 0. The van der Waals surface area contributed by atoms with Crippen molar-refractivity contribution in [1.29, 1.82) is 0 Å². The minimum Gasteiger partial charge on any atom is 2.00 e. The van der Waals surface area contributed by atoms with Gasteiger partial charge in [0, 0.05) is 0 Å². The summed E-state index contributed by atoms with van der Waals surface area (Å²) in [5.41, 5.74) is 0. The van der Waals surface area contributed by atoms with Crippen molar-refractivity contribution in [3.63, 3.8) is 0 Å². The van der Waals surface area contributed by atoms with E-state index in [0.717, 1.165) is 0 Å². The Morgan fingerprint density at radius 2 is 1.33 bits per heavy atom. The van der Waals surface area contributed by atoms with Crippen LogP contribution >= 0.6 is 0 Å². The fourth-order valence-electron chi connectivity index (χ4n) is 0. The van der Waals surface area contributed by atoms with Gasteiger partial charge in [-0.15, -0.1) is 0 Å². The molecule has 0 saturated carbocycles. The second-order valence-electron chi connectivity index (χ2n) is 0.533. The van der Waals surface area contributed by atoms with E-state index in [1.54, 1.807) is 0 Å². The summed E-state index contributed by atoms with van der Waals surface area (Å²) in [6, 6.07) is 0. The molecule has 9 heteroatoms. The van der Waals surface area contributed by atoms with Crippen molar-refractivity contribution in [3.8, 4) is 0 Å². The van der Waals surface area contributed by atoms with E-state index in [2.05, 4.69) is 0 Å². The van der Waals surface area contributed by atoms with E-state index in [1.165, 1.54) is 0 Å². The molecule has 0 saturated heterocycles. The van der Waals surface area contributed by atoms with Crippen molar-refractivity contribution >= 4 is 51.4 Å². The predicted octanol–water partition coefficient (Wildman–Crippen LogP) is -4.87. The zero-order valence-electron chi connectivity index (χ0n) is 4.03. The molecule has 0 unspecified atom stereocenters. The first-order valence-corrected chi connectivity index (χ1v) is 5.14. The molecule has 2 radical (unpaired) electrons. The molecule has 2 N–H and O–H groups in total. The maximum absolute atomic E-state index is 8.74. The van der Waals surface area contributed by atoms with Gasteiger partial charge in [-0.25, -0.2) is 0 Å². The Labute approximate surface area is 77.2 Å². The van der Waals surface area contributed by atoms with Gasteiger partial charge in [-0.05, 0) is 0 Å². The summed E-state index contributed by atoms with van der Waals surface area (Å²) in [6.07, 6.45) is 0. The van der Waals surface area contributed by atoms with Crippen molar-refractivity contribution in [2.75, 3.05) is 0 Å². The van der Waals surface area contributed by atoms with Gasteiger partial charge in [-0.3, -0.25) is 4.46 Å². The van der Waals surface area contributed by atoms with E-state index in [1.807, 2.05) is 0 Å². The molecule has 0 amide bonds. The summed E-state index contributed by atoms with van der Waals surface area (Å²) in [5, 5.41) is 0. The van der Waals surface area contributed by atoms with Crippen molar-refractivity contribution in [1.82, 2.24) is 0 Å². The molecule has 0 aliphatic rings. The fraction of sp³-hybridized carbons (Fsp3) is 0. The molecule has 0 rings (SSSR count). The Morgan fingerprint density at radius 3 is 1.33 bits per heavy atom. The summed E-state index contributed by atoms with van der Waals surface area (Å²) in [6.45, 7) is 0. The molecule has 0 aromatic rings. The number of hydrogen-bond acceptors (Lipinski definition) is 4. The third-order valence-corrected chi connectivity index (χ3v) is 0.